The van der Waals surface area contributed by atoms with Crippen LogP contribution in [0.25, 0.3) is 6.08 Å². The van der Waals surface area contributed by atoms with Gasteiger partial charge in [0.2, 0.25) is 0 Å². The Hall–Kier alpha value is -1.08. The van der Waals surface area contributed by atoms with E-state index < -0.39 is 0 Å². The Morgan fingerprint density at radius 3 is 2.73 bits per heavy atom. The smallest absolute Gasteiger partial charge is 0.0858 e. The van der Waals surface area contributed by atoms with Crippen LogP contribution in [0.5, 0.6) is 0 Å². The first-order valence-corrected chi connectivity index (χ1v) is 5.63. The summed E-state index contributed by atoms with van der Waals surface area (Å²) in [5.41, 5.74) is 2.23. The lowest BCUT2D eigenvalue weighted by Crippen LogP contribution is -2.16. The van der Waals surface area contributed by atoms with Gasteiger partial charge in [0.15, 0.2) is 0 Å². The van der Waals surface area contributed by atoms with Crippen LogP contribution in [0.4, 0.5) is 0 Å². The maximum Gasteiger partial charge on any atom is 0.0858 e. The van der Waals surface area contributed by atoms with Crippen molar-refractivity contribution in [3.63, 3.8) is 0 Å². The molecule has 0 aromatic heterocycles. The third kappa shape index (κ3) is 2.13. The van der Waals surface area contributed by atoms with Crippen LogP contribution in [0, 0.1) is 11.8 Å². The molecule has 0 saturated carbocycles. The topological polar surface area (TPSA) is 20.2 Å². The second kappa shape index (κ2) is 4.19. The highest BCUT2D eigenvalue weighted by Crippen LogP contribution is 2.35. The van der Waals surface area contributed by atoms with Crippen LogP contribution in [0.2, 0.25) is 0 Å². The average Bonchev–Trinajstić information content (AvgIpc) is 2.22. The fourth-order valence-corrected chi connectivity index (χ4v) is 2.25. The van der Waals surface area contributed by atoms with Crippen molar-refractivity contribution in [1.29, 1.82) is 0 Å². The lowest BCUT2D eigenvalue weighted by atomic mass is 9.82. The number of fused-ring (bicyclic) bond motifs is 1. The van der Waals surface area contributed by atoms with E-state index in [9.17, 15) is 5.11 Å². The molecule has 0 radical (unpaired) electrons. The summed E-state index contributed by atoms with van der Waals surface area (Å²) in [4.78, 5) is 0. The fraction of sp³-hybridized carbons (Fsp3) is 0.429. The zero-order valence-corrected chi connectivity index (χ0v) is 9.35. The van der Waals surface area contributed by atoms with Gasteiger partial charge in [-0.15, -0.1) is 0 Å². The van der Waals surface area contributed by atoms with Gasteiger partial charge in [-0.2, -0.15) is 0 Å². The third-order valence-electron chi connectivity index (χ3n) is 2.99. The number of aliphatic hydroxyl groups excluding tert-OH is 1. The summed E-state index contributed by atoms with van der Waals surface area (Å²) in [6.07, 6.45) is 5.00. The molecule has 0 aliphatic heterocycles. The van der Waals surface area contributed by atoms with Gasteiger partial charge in [-0.3, -0.25) is 0 Å². The van der Waals surface area contributed by atoms with Crippen molar-refractivity contribution in [2.45, 2.75) is 26.4 Å². The quantitative estimate of drug-likeness (QED) is 0.779. The fourth-order valence-electron chi connectivity index (χ4n) is 2.25. The molecule has 1 aromatic carbocycles. The van der Waals surface area contributed by atoms with Gasteiger partial charge in [-0.1, -0.05) is 50.3 Å². The van der Waals surface area contributed by atoms with E-state index >= 15 is 0 Å². The van der Waals surface area contributed by atoms with Crippen LogP contribution in [0.3, 0.4) is 0 Å². The molecule has 0 amide bonds. The molecule has 2 rings (SSSR count). The summed E-state index contributed by atoms with van der Waals surface area (Å²) in [5.74, 6) is 0.902. The first-order valence-electron chi connectivity index (χ1n) is 5.63. The lowest BCUT2D eigenvalue weighted by molar-refractivity contribution is 0.118. The standard InChI is InChI=1S/C14H18O/c1-10(2)9-12-8-7-11-5-3-4-6-13(11)14(12)15/h3-8,10,12,14-15H,9H2,1-2H3/t12-,14-/m1/s1. The third-order valence-corrected chi connectivity index (χ3v) is 2.99. The van der Waals surface area contributed by atoms with Crippen molar-refractivity contribution in [3.8, 4) is 0 Å². The van der Waals surface area contributed by atoms with Crippen LogP contribution in [-0.2, 0) is 0 Å². The molecule has 0 heterocycles. The monoisotopic (exact) mass is 202 g/mol. The minimum absolute atomic E-state index is 0.278. The second-order valence-electron chi connectivity index (χ2n) is 4.73. The normalized spacial score (nSPS) is 24.3. The molecule has 1 aliphatic rings. The van der Waals surface area contributed by atoms with Gasteiger partial charge in [0, 0.05) is 5.92 Å². The number of hydrogen-bond acceptors (Lipinski definition) is 1. The van der Waals surface area contributed by atoms with E-state index in [1.165, 1.54) is 0 Å². The van der Waals surface area contributed by atoms with Crippen LogP contribution in [0.15, 0.2) is 30.3 Å². The Bertz CT molecular complexity index is 365. The maximum atomic E-state index is 10.2. The molecule has 1 aliphatic carbocycles. The van der Waals surface area contributed by atoms with Crippen LogP contribution < -0.4 is 0 Å². The molecule has 15 heavy (non-hydrogen) atoms. The molecule has 1 N–H and O–H groups in total. The summed E-state index contributed by atoms with van der Waals surface area (Å²) in [6.45, 7) is 4.39. The van der Waals surface area contributed by atoms with Gasteiger partial charge in [-0.05, 0) is 23.5 Å². The molecule has 1 aromatic rings. The lowest BCUT2D eigenvalue weighted by Gasteiger charge is -2.26. The van der Waals surface area contributed by atoms with Crippen LogP contribution in [0.1, 0.15) is 37.5 Å². The van der Waals surface area contributed by atoms with Gasteiger partial charge in [-0.25, -0.2) is 0 Å². The molecular weight excluding hydrogens is 184 g/mol. The van der Waals surface area contributed by atoms with Crippen molar-refractivity contribution >= 4 is 6.08 Å². The highest BCUT2D eigenvalue weighted by atomic mass is 16.3. The molecule has 0 fully saturated rings. The summed E-state index contributed by atoms with van der Waals surface area (Å²) < 4.78 is 0. The minimum Gasteiger partial charge on any atom is -0.388 e. The first kappa shape index (κ1) is 10.4. The van der Waals surface area contributed by atoms with Crippen molar-refractivity contribution in [2.75, 3.05) is 0 Å². The predicted molar refractivity (Wildman–Crippen MR) is 63.4 cm³/mol. The summed E-state index contributed by atoms with van der Waals surface area (Å²) in [6, 6.07) is 8.09. The Kier molecular flexibility index (Phi) is 2.92. The summed E-state index contributed by atoms with van der Waals surface area (Å²) in [5, 5.41) is 10.2. The highest BCUT2D eigenvalue weighted by Gasteiger charge is 2.24. The van der Waals surface area contributed by atoms with E-state index in [0.717, 1.165) is 17.5 Å². The Balaban J connectivity index is 2.25. The molecule has 1 nitrogen and oxygen atoms in total. The van der Waals surface area contributed by atoms with Crippen LogP contribution in [-0.4, -0.2) is 5.11 Å². The minimum atomic E-state index is -0.325. The average molecular weight is 202 g/mol. The van der Waals surface area contributed by atoms with Crippen LogP contribution >= 0.6 is 0 Å². The van der Waals surface area contributed by atoms with E-state index in [2.05, 4.69) is 32.1 Å². The van der Waals surface area contributed by atoms with Gasteiger partial charge < -0.3 is 5.11 Å². The first-order chi connectivity index (χ1) is 7.18. The van der Waals surface area contributed by atoms with Gasteiger partial charge in [0.25, 0.3) is 0 Å². The second-order valence-corrected chi connectivity index (χ2v) is 4.73. The Morgan fingerprint density at radius 1 is 1.27 bits per heavy atom. The van der Waals surface area contributed by atoms with Crippen molar-refractivity contribution in [1.82, 2.24) is 0 Å². The molecule has 0 saturated heterocycles. The van der Waals surface area contributed by atoms with E-state index in [1.54, 1.807) is 0 Å². The molecule has 0 spiro atoms. The largest absolute Gasteiger partial charge is 0.388 e. The van der Waals surface area contributed by atoms with Gasteiger partial charge in [0.1, 0.15) is 0 Å². The Labute approximate surface area is 91.4 Å². The number of rotatable bonds is 2. The number of hydrogen-bond donors (Lipinski definition) is 1. The SMILES string of the molecule is CC(C)C[C@H]1C=Cc2ccccc2[C@@H]1O. The molecule has 80 valence electrons. The van der Waals surface area contributed by atoms with Crippen molar-refractivity contribution in [2.24, 2.45) is 11.8 Å². The van der Waals surface area contributed by atoms with E-state index in [0.29, 0.717) is 5.92 Å². The van der Waals surface area contributed by atoms with Gasteiger partial charge >= 0.3 is 0 Å². The summed E-state index contributed by atoms with van der Waals surface area (Å²) in [7, 11) is 0. The molecule has 1 heteroatoms. The number of benzene rings is 1. The van der Waals surface area contributed by atoms with Gasteiger partial charge in [0.05, 0.1) is 6.10 Å². The predicted octanol–water partition coefficient (Wildman–Crippen LogP) is 3.41. The Morgan fingerprint density at radius 2 is 2.00 bits per heavy atom. The summed E-state index contributed by atoms with van der Waals surface area (Å²) >= 11 is 0. The molecule has 2 atom stereocenters. The molecular formula is C14H18O. The zero-order chi connectivity index (χ0) is 10.8. The van der Waals surface area contributed by atoms with E-state index in [-0.39, 0.29) is 12.0 Å². The van der Waals surface area contributed by atoms with E-state index in [1.807, 2.05) is 18.2 Å². The van der Waals surface area contributed by atoms with Crippen molar-refractivity contribution < 1.29 is 5.11 Å². The van der Waals surface area contributed by atoms with Crippen molar-refractivity contribution in [3.05, 3.63) is 41.5 Å². The maximum absolute atomic E-state index is 10.2. The molecule has 0 bridgehead atoms. The molecule has 0 unspecified atom stereocenters. The number of aliphatic hydroxyl groups is 1. The van der Waals surface area contributed by atoms with E-state index in [4.69, 9.17) is 0 Å². The highest BCUT2D eigenvalue weighted by molar-refractivity contribution is 5.57. The zero-order valence-electron chi connectivity index (χ0n) is 9.35.